The molecular weight excluding hydrogens is 310 g/mol. The zero-order chi connectivity index (χ0) is 16.7. The lowest BCUT2D eigenvalue weighted by Crippen LogP contribution is -2.22. The van der Waals surface area contributed by atoms with Crippen LogP contribution in [0.15, 0.2) is 18.7 Å². The molecule has 1 atom stereocenters. The minimum Gasteiger partial charge on any atom is -0.369 e. The first-order chi connectivity index (χ1) is 11.6. The Bertz CT molecular complexity index is 890. The smallest absolute Gasteiger partial charge is 0.225 e. The largest absolute Gasteiger partial charge is 0.369 e. The quantitative estimate of drug-likeness (QED) is 0.679. The fourth-order valence-electron chi connectivity index (χ4n) is 3.02. The number of carbonyl (C=O) groups excluding carboxylic acids is 1. The molecule has 0 saturated carbocycles. The molecule has 24 heavy (non-hydrogen) atoms. The van der Waals surface area contributed by atoms with E-state index in [1.165, 1.54) is 0 Å². The van der Waals surface area contributed by atoms with Crippen molar-refractivity contribution in [1.82, 2.24) is 39.3 Å². The second-order valence-electron chi connectivity index (χ2n) is 5.91. The molecule has 4 rings (SSSR count). The van der Waals surface area contributed by atoms with Crippen molar-refractivity contribution in [3.63, 3.8) is 0 Å². The molecule has 0 bridgehead atoms. The Morgan fingerprint density at radius 3 is 3.04 bits per heavy atom. The average Bonchev–Trinajstić information content (AvgIpc) is 3.24. The zero-order valence-electron chi connectivity index (χ0n) is 13.2. The summed E-state index contributed by atoms with van der Waals surface area (Å²) in [5.74, 6) is 1.88. The summed E-state index contributed by atoms with van der Waals surface area (Å²) in [6, 6.07) is 0. The molecule has 0 fully saturated rings. The molecule has 10 nitrogen and oxygen atoms in total. The normalized spacial score (nSPS) is 17.0. The van der Waals surface area contributed by atoms with Crippen LogP contribution in [0.25, 0.3) is 5.69 Å². The van der Waals surface area contributed by atoms with Gasteiger partial charge in [0.05, 0.1) is 25.4 Å². The number of fused-ring (bicyclic) bond motifs is 1. The molecule has 3 aromatic rings. The van der Waals surface area contributed by atoms with E-state index in [1.54, 1.807) is 21.9 Å². The van der Waals surface area contributed by atoms with Crippen molar-refractivity contribution in [3.05, 3.63) is 36.2 Å². The summed E-state index contributed by atoms with van der Waals surface area (Å²) in [5, 5.41) is 12.9. The highest BCUT2D eigenvalue weighted by Gasteiger charge is 2.27. The summed E-state index contributed by atoms with van der Waals surface area (Å²) in [4.78, 5) is 20.0. The second kappa shape index (κ2) is 5.55. The van der Waals surface area contributed by atoms with Gasteiger partial charge < -0.3 is 5.73 Å². The summed E-state index contributed by atoms with van der Waals surface area (Å²) >= 11 is 0. The standard InChI is InChI=1S/C14H17N9O/c1-21-7-10(5-17-21)23-14(19-12(20-23)4-11(15)24)9-2-3-13-16-8-18-22(13)6-9/h5,7-9H,2-4,6H2,1H3,(H2,15,24). The number of nitrogens with zero attached hydrogens (tertiary/aromatic N) is 8. The summed E-state index contributed by atoms with van der Waals surface area (Å²) in [7, 11) is 1.84. The maximum absolute atomic E-state index is 11.2. The Morgan fingerprint density at radius 2 is 2.29 bits per heavy atom. The predicted molar refractivity (Wildman–Crippen MR) is 82.1 cm³/mol. The Kier molecular flexibility index (Phi) is 3.36. The second-order valence-corrected chi connectivity index (χ2v) is 5.91. The Morgan fingerprint density at radius 1 is 1.42 bits per heavy atom. The van der Waals surface area contributed by atoms with E-state index >= 15 is 0 Å². The number of carbonyl (C=O) groups is 1. The third-order valence-corrected chi connectivity index (χ3v) is 4.11. The molecule has 1 amide bonds. The third-order valence-electron chi connectivity index (χ3n) is 4.11. The van der Waals surface area contributed by atoms with Crippen LogP contribution in [-0.4, -0.2) is 45.2 Å². The van der Waals surface area contributed by atoms with E-state index in [2.05, 4.69) is 25.3 Å². The van der Waals surface area contributed by atoms with Crippen LogP contribution in [0, 0.1) is 0 Å². The van der Waals surface area contributed by atoms with Gasteiger partial charge in [-0.15, -0.1) is 0 Å². The third kappa shape index (κ3) is 2.55. The van der Waals surface area contributed by atoms with Crippen LogP contribution in [0.3, 0.4) is 0 Å². The SMILES string of the molecule is Cn1cc(-n2nc(CC(N)=O)nc2C2CCc3ncnn3C2)cn1. The van der Waals surface area contributed by atoms with Crippen molar-refractivity contribution in [3.8, 4) is 5.69 Å². The van der Waals surface area contributed by atoms with E-state index in [0.717, 1.165) is 30.2 Å². The average molecular weight is 327 g/mol. The molecule has 4 heterocycles. The molecule has 1 aliphatic rings. The summed E-state index contributed by atoms with van der Waals surface area (Å²) in [6.45, 7) is 0.685. The molecule has 0 aliphatic carbocycles. The highest BCUT2D eigenvalue weighted by Crippen LogP contribution is 2.28. The molecule has 2 N–H and O–H groups in total. The van der Waals surface area contributed by atoms with Crippen LogP contribution in [-0.2, 0) is 31.2 Å². The lowest BCUT2D eigenvalue weighted by molar-refractivity contribution is -0.117. The topological polar surface area (TPSA) is 122 Å². The number of rotatable bonds is 4. The molecule has 0 radical (unpaired) electrons. The van der Waals surface area contributed by atoms with Crippen molar-refractivity contribution >= 4 is 5.91 Å². The fourth-order valence-corrected chi connectivity index (χ4v) is 3.02. The van der Waals surface area contributed by atoms with Gasteiger partial charge in [-0.1, -0.05) is 0 Å². The lowest BCUT2D eigenvalue weighted by Gasteiger charge is -2.21. The fraction of sp³-hybridized carbons (Fsp3) is 0.429. The number of hydrogen-bond acceptors (Lipinski definition) is 6. The van der Waals surface area contributed by atoms with Crippen LogP contribution in [0.4, 0.5) is 0 Å². The number of hydrogen-bond donors (Lipinski definition) is 1. The summed E-state index contributed by atoms with van der Waals surface area (Å²) < 4.78 is 5.34. The van der Waals surface area contributed by atoms with Crippen molar-refractivity contribution in [1.29, 1.82) is 0 Å². The van der Waals surface area contributed by atoms with Gasteiger partial charge >= 0.3 is 0 Å². The maximum atomic E-state index is 11.2. The number of aromatic nitrogens is 8. The molecule has 0 saturated heterocycles. The molecule has 3 aromatic heterocycles. The molecular formula is C14H17N9O. The maximum Gasteiger partial charge on any atom is 0.225 e. The van der Waals surface area contributed by atoms with Crippen LogP contribution in [0.1, 0.15) is 29.8 Å². The lowest BCUT2D eigenvalue weighted by atomic mass is 9.99. The molecule has 0 aromatic carbocycles. The number of primary amides is 1. The Hall–Kier alpha value is -3.04. The van der Waals surface area contributed by atoms with Crippen molar-refractivity contribution in [2.45, 2.75) is 31.7 Å². The minimum absolute atomic E-state index is 0.0154. The zero-order valence-corrected chi connectivity index (χ0v) is 13.2. The molecule has 0 spiro atoms. The number of aryl methyl sites for hydroxylation is 2. The highest BCUT2D eigenvalue weighted by molar-refractivity contribution is 5.75. The van der Waals surface area contributed by atoms with Crippen LogP contribution < -0.4 is 5.73 Å². The van der Waals surface area contributed by atoms with E-state index in [-0.39, 0.29) is 12.3 Å². The first-order valence-corrected chi connectivity index (χ1v) is 7.70. The van der Waals surface area contributed by atoms with E-state index in [4.69, 9.17) is 5.73 Å². The van der Waals surface area contributed by atoms with E-state index < -0.39 is 5.91 Å². The van der Waals surface area contributed by atoms with Crippen molar-refractivity contribution in [2.24, 2.45) is 12.8 Å². The van der Waals surface area contributed by atoms with Gasteiger partial charge in [0.25, 0.3) is 0 Å². The summed E-state index contributed by atoms with van der Waals surface area (Å²) in [6.07, 6.45) is 6.89. The van der Waals surface area contributed by atoms with Gasteiger partial charge in [0, 0.05) is 19.4 Å². The molecule has 1 aliphatic heterocycles. The van der Waals surface area contributed by atoms with Crippen LogP contribution >= 0.6 is 0 Å². The molecule has 124 valence electrons. The number of amides is 1. The first-order valence-electron chi connectivity index (χ1n) is 7.70. The van der Waals surface area contributed by atoms with E-state index in [1.807, 2.05) is 17.9 Å². The molecule has 1 unspecified atom stereocenters. The van der Waals surface area contributed by atoms with Crippen molar-refractivity contribution in [2.75, 3.05) is 0 Å². The first kappa shape index (κ1) is 14.5. The monoisotopic (exact) mass is 327 g/mol. The van der Waals surface area contributed by atoms with Crippen LogP contribution in [0.5, 0.6) is 0 Å². The van der Waals surface area contributed by atoms with E-state index in [0.29, 0.717) is 12.4 Å². The van der Waals surface area contributed by atoms with Gasteiger partial charge in [0.2, 0.25) is 5.91 Å². The van der Waals surface area contributed by atoms with Gasteiger partial charge in [-0.2, -0.15) is 15.3 Å². The van der Waals surface area contributed by atoms with Gasteiger partial charge in [-0.05, 0) is 6.42 Å². The van der Waals surface area contributed by atoms with Gasteiger partial charge in [0.15, 0.2) is 5.82 Å². The Labute approximate surface area is 137 Å². The van der Waals surface area contributed by atoms with Crippen LogP contribution in [0.2, 0.25) is 0 Å². The molecule has 10 heteroatoms. The highest BCUT2D eigenvalue weighted by atomic mass is 16.1. The predicted octanol–water partition coefficient (Wildman–Crippen LogP) is -0.650. The van der Waals surface area contributed by atoms with Crippen molar-refractivity contribution < 1.29 is 4.79 Å². The van der Waals surface area contributed by atoms with E-state index in [9.17, 15) is 4.79 Å². The van der Waals surface area contributed by atoms with Gasteiger partial charge in [-0.25, -0.2) is 19.3 Å². The minimum atomic E-state index is -0.452. The number of nitrogens with two attached hydrogens (primary N) is 1. The van der Waals surface area contributed by atoms with Gasteiger partial charge in [-0.3, -0.25) is 9.48 Å². The Balaban J connectivity index is 1.73. The summed E-state index contributed by atoms with van der Waals surface area (Å²) in [5.41, 5.74) is 6.09. The van der Waals surface area contributed by atoms with Gasteiger partial charge in [0.1, 0.15) is 23.7 Å².